The third-order valence-corrected chi connectivity index (χ3v) is 3.02. The third-order valence-electron chi connectivity index (χ3n) is 3.02. The number of hydrogen-bond acceptors (Lipinski definition) is 4. The highest BCUT2D eigenvalue weighted by Gasteiger charge is 2.12. The van der Waals surface area contributed by atoms with Gasteiger partial charge in [0.1, 0.15) is 18.1 Å². The van der Waals surface area contributed by atoms with Gasteiger partial charge in [0.05, 0.1) is 14.2 Å². The summed E-state index contributed by atoms with van der Waals surface area (Å²) in [7, 11) is 3.61. The zero-order valence-electron chi connectivity index (χ0n) is 12.5. The summed E-state index contributed by atoms with van der Waals surface area (Å²) >= 11 is 0. The van der Waals surface area contributed by atoms with Crippen molar-refractivity contribution in [3.05, 3.63) is 41.7 Å². The largest absolute Gasteiger partial charge is 0.497 e. The quantitative estimate of drug-likeness (QED) is 0.819. The Morgan fingerprint density at radius 2 is 2.10 bits per heavy atom. The lowest BCUT2D eigenvalue weighted by Crippen LogP contribution is -3.08. The maximum absolute atomic E-state index is 11.9. The Morgan fingerprint density at radius 3 is 2.67 bits per heavy atom. The van der Waals surface area contributed by atoms with Crippen LogP contribution in [0.4, 0.5) is 5.82 Å². The summed E-state index contributed by atoms with van der Waals surface area (Å²) in [6.45, 7) is 2.90. The lowest BCUT2D eigenvalue weighted by molar-refractivity contribution is -0.885. The number of nitrogens with zero attached hydrogens (tertiary/aromatic N) is 1. The van der Waals surface area contributed by atoms with E-state index in [0.29, 0.717) is 18.1 Å². The minimum atomic E-state index is -0.0886. The van der Waals surface area contributed by atoms with Crippen LogP contribution in [0.5, 0.6) is 5.75 Å². The van der Waals surface area contributed by atoms with Crippen molar-refractivity contribution in [3.8, 4) is 5.75 Å². The van der Waals surface area contributed by atoms with Crippen molar-refractivity contribution in [2.75, 3.05) is 26.0 Å². The fourth-order valence-corrected chi connectivity index (χ4v) is 2.04. The number of amides is 1. The van der Waals surface area contributed by atoms with Crippen molar-refractivity contribution in [1.29, 1.82) is 0 Å². The summed E-state index contributed by atoms with van der Waals surface area (Å²) in [5.41, 5.74) is 1.15. The van der Waals surface area contributed by atoms with Gasteiger partial charge in [-0.05, 0) is 31.2 Å². The van der Waals surface area contributed by atoms with Gasteiger partial charge in [-0.2, -0.15) is 0 Å². The number of quaternary nitrogens is 1. The summed E-state index contributed by atoms with van der Waals surface area (Å²) in [4.78, 5) is 13.0. The molecule has 0 aliphatic rings. The Labute approximate surface area is 123 Å². The molecule has 0 saturated heterocycles. The van der Waals surface area contributed by atoms with Gasteiger partial charge in [0.25, 0.3) is 5.91 Å². The van der Waals surface area contributed by atoms with Crippen molar-refractivity contribution < 1.29 is 19.0 Å². The number of benzene rings is 1. The number of carbonyl (C=O) groups excluding carboxylic acids is 1. The first-order valence-corrected chi connectivity index (χ1v) is 6.74. The van der Waals surface area contributed by atoms with Gasteiger partial charge in [-0.15, -0.1) is 0 Å². The lowest BCUT2D eigenvalue weighted by Gasteiger charge is -2.13. The molecule has 2 N–H and O–H groups in total. The van der Waals surface area contributed by atoms with Crippen LogP contribution in [-0.2, 0) is 11.3 Å². The van der Waals surface area contributed by atoms with E-state index in [9.17, 15) is 4.79 Å². The molecular weight excluding hydrogens is 270 g/mol. The number of anilines is 1. The number of likely N-dealkylation sites (N-methyl/N-ethyl adjacent to an activating group) is 1. The summed E-state index contributed by atoms with van der Waals surface area (Å²) in [6.07, 6.45) is 0. The average molecular weight is 290 g/mol. The molecule has 0 saturated carbocycles. The van der Waals surface area contributed by atoms with E-state index >= 15 is 0 Å². The molecular formula is C15H20N3O3+. The fourth-order valence-electron chi connectivity index (χ4n) is 2.04. The van der Waals surface area contributed by atoms with Gasteiger partial charge < -0.3 is 19.5 Å². The van der Waals surface area contributed by atoms with E-state index in [-0.39, 0.29) is 5.91 Å². The molecule has 2 aromatic rings. The molecule has 0 aliphatic carbocycles. The van der Waals surface area contributed by atoms with Gasteiger partial charge in [-0.3, -0.25) is 4.79 Å². The van der Waals surface area contributed by atoms with Crippen molar-refractivity contribution in [2.45, 2.75) is 13.5 Å². The zero-order valence-corrected chi connectivity index (χ0v) is 12.5. The molecule has 1 aromatic carbocycles. The second-order valence-corrected chi connectivity index (χ2v) is 5.03. The highest BCUT2D eigenvalue weighted by atomic mass is 16.5. The Hall–Kier alpha value is -2.34. The standard InChI is InChI=1S/C15H19N3O3/c1-11-8-14(17-21-11)16-15(19)10-18(2)9-12-4-6-13(20-3)7-5-12/h4-8H,9-10H2,1-3H3,(H,16,17,19)/p+1. The topological polar surface area (TPSA) is 68.8 Å². The summed E-state index contributed by atoms with van der Waals surface area (Å²) < 4.78 is 10.0. The van der Waals surface area contributed by atoms with Gasteiger partial charge in [0.15, 0.2) is 12.4 Å². The van der Waals surface area contributed by atoms with Crippen LogP contribution in [0.3, 0.4) is 0 Å². The Bertz CT molecular complexity index is 592. The molecule has 0 radical (unpaired) electrons. The molecule has 1 atom stereocenters. The predicted molar refractivity (Wildman–Crippen MR) is 78.3 cm³/mol. The molecule has 2 rings (SSSR count). The smallest absolute Gasteiger partial charge is 0.280 e. The number of aromatic nitrogens is 1. The minimum absolute atomic E-state index is 0.0886. The fraction of sp³-hybridized carbons (Fsp3) is 0.333. The monoisotopic (exact) mass is 290 g/mol. The number of carbonyl (C=O) groups is 1. The van der Waals surface area contributed by atoms with E-state index < -0.39 is 0 Å². The van der Waals surface area contributed by atoms with E-state index in [1.54, 1.807) is 20.1 Å². The zero-order chi connectivity index (χ0) is 15.2. The predicted octanol–water partition coefficient (Wildman–Crippen LogP) is 0.645. The van der Waals surface area contributed by atoms with E-state index in [1.807, 2.05) is 31.3 Å². The highest BCUT2D eigenvalue weighted by Crippen LogP contribution is 2.10. The van der Waals surface area contributed by atoms with Crippen molar-refractivity contribution in [1.82, 2.24) is 5.16 Å². The van der Waals surface area contributed by atoms with Crippen molar-refractivity contribution >= 4 is 11.7 Å². The number of rotatable bonds is 6. The lowest BCUT2D eigenvalue weighted by atomic mass is 10.2. The molecule has 0 aliphatic heterocycles. The Kier molecular flexibility index (Phi) is 4.94. The van der Waals surface area contributed by atoms with Gasteiger partial charge in [-0.1, -0.05) is 5.16 Å². The van der Waals surface area contributed by atoms with Crippen LogP contribution < -0.4 is 15.0 Å². The first-order valence-electron chi connectivity index (χ1n) is 6.74. The number of methoxy groups -OCH3 is 1. The van der Waals surface area contributed by atoms with Crippen LogP contribution in [-0.4, -0.2) is 31.8 Å². The Balaban J connectivity index is 1.82. The van der Waals surface area contributed by atoms with Crippen LogP contribution in [0.1, 0.15) is 11.3 Å². The number of aryl methyl sites for hydroxylation is 1. The molecule has 1 heterocycles. The number of nitrogens with one attached hydrogen (secondary N) is 2. The number of hydrogen-bond donors (Lipinski definition) is 2. The van der Waals surface area contributed by atoms with Gasteiger partial charge in [0.2, 0.25) is 0 Å². The average Bonchev–Trinajstić information content (AvgIpc) is 2.84. The Morgan fingerprint density at radius 1 is 1.38 bits per heavy atom. The molecule has 1 amide bonds. The molecule has 1 unspecified atom stereocenters. The van der Waals surface area contributed by atoms with Gasteiger partial charge >= 0.3 is 0 Å². The highest BCUT2D eigenvalue weighted by molar-refractivity contribution is 5.90. The molecule has 112 valence electrons. The summed E-state index contributed by atoms with van der Waals surface area (Å²) in [5.74, 6) is 1.86. The van der Waals surface area contributed by atoms with E-state index in [4.69, 9.17) is 9.26 Å². The van der Waals surface area contributed by atoms with Crippen LogP contribution >= 0.6 is 0 Å². The van der Waals surface area contributed by atoms with Gasteiger partial charge in [0, 0.05) is 11.6 Å². The van der Waals surface area contributed by atoms with Gasteiger partial charge in [-0.25, -0.2) is 0 Å². The second-order valence-electron chi connectivity index (χ2n) is 5.03. The molecule has 0 spiro atoms. The van der Waals surface area contributed by atoms with E-state index in [0.717, 1.165) is 22.8 Å². The van der Waals surface area contributed by atoms with E-state index in [1.165, 1.54) is 0 Å². The third kappa shape index (κ3) is 4.61. The SMILES string of the molecule is COc1ccc(C[NH+](C)CC(=O)Nc2cc(C)on2)cc1. The molecule has 6 heteroatoms. The van der Waals surface area contributed by atoms with Crippen LogP contribution in [0.25, 0.3) is 0 Å². The normalized spacial score (nSPS) is 12.0. The summed E-state index contributed by atoms with van der Waals surface area (Å²) in [6, 6.07) is 9.53. The van der Waals surface area contributed by atoms with E-state index in [2.05, 4.69) is 10.5 Å². The molecule has 6 nitrogen and oxygen atoms in total. The van der Waals surface area contributed by atoms with Crippen LogP contribution in [0.15, 0.2) is 34.9 Å². The number of ether oxygens (including phenoxy) is 1. The summed E-state index contributed by atoms with van der Waals surface area (Å²) in [5, 5.41) is 6.45. The molecule has 0 fully saturated rings. The molecule has 0 bridgehead atoms. The maximum atomic E-state index is 11.9. The van der Waals surface area contributed by atoms with Crippen molar-refractivity contribution in [2.24, 2.45) is 0 Å². The first kappa shape index (κ1) is 15.1. The second kappa shape index (κ2) is 6.90. The van der Waals surface area contributed by atoms with Crippen molar-refractivity contribution in [3.63, 3.8) is 0 Å². The maximum Gasteiger partial charge on any atom is 0.280 e. The van der Waals surface area contributed by atoms with Crippen LogP contribution in [0, 0.1) is 6.92 Å². The van der Waals surface area contributed by atoms with Crippen LogP contribution in [0.2, 0.25) is 0 Å². The molecule has 1 aromatic heterocycles. The first-order chi connectivity index (χ1) is 10.1. The molecule has 21 heavy (non-hydrogen) atoms. The minimum Gasteiger partial charge on any atom is -0.497 e.